The number of anilines is 2. The third kappa shape index (κ3) is 3.26. The molecule has 0 spiro atoms. The van der Waals surface area contributed by atoms with Crippen LogP contribution in [-0.2, 0) is 4.79 Å². The average molecular weight is 195 g/mol. The van der Waals surface area contributed by atoms with Crippen molar-refractivity contribution in [1.29, 1.82) is 0 Å². The normalized spacial score (nSPS) is 9.50. The zero-order chi connectivity index (χ0) is 10.4. The Hall–Kier alpha value is -1.85. The Labute approximate surface area is 81.9 Å². The topological polar surface area (TPSA) is 92.9 Å². The first-order chi connectivity index (χ1) is 6.72. The Kier molecular flexibility index (Phi) is 3.66. The molecule has 0 unspecified atom stereocenters. The van der Waals surface area contributed by atoms with Crippen molar-refractivity contribution in [3.05, 3.63) is 12.3 Å². The highest BCUT2D eigenvalue weighted by Gasteiger charge is 1.98. The van der Waals surface area contributed by atoms with Crippen molar-refractivity contribution >= 4 is 17.7 Å². The second-order valence-corrected chi connectivity index (χ2v) is 2.65. The molecule has 1 amide bonds. The van der Waals surface area contributed by atoms with E-state index < -0.39 is 0 Å². The van der Waals surface area contributed by atoms with Crippen LogP contribution in [0.3, 0.4) is 0 Å². The zero-order valence-corrected chi connectivity index (χ0v) is 7.95. The summed E-state index contributed by atoms with van der Waals surface area (Å²) in [5.74, 6) is 0.830. The quantitative estimate of drug-likeness (QED) is 0.608. The van der Waals surface area contributed by atoms with Crippen molar-refractivity contribution in [3.8, 4) is 0 Å². The van der Waals surface area contributed by atoms with E-state index in [1.165, 1.54) is 0 Å². The fourth-order valence-electron chi connectivity index (χ4n) is 0.901. The minimum atomic E-state index is -0.0143. The molecule has 14 heavy (non-hydrogen) atoms. The van der Waals surface area contributed by atoms with Gasteiger partial charge in [0.2, 0.25) is 11.9 Å². The molecule has 0 fully saturated rings. The van der Waals surface area contributed by atoms with Gasteiger partial charge in [-0.25, -0.2) is 4.98 Å². The summed E-state index contributed by atoms with van der Waals surface area (Å²) in [6.07, 6.45) is 1.96. The summed E-state index contributed by atoms with van der Waals surface area (Å²) in [6, 6.07) is 1.69. The summed E-state index contributed by atoms with van der Waals surface area (Å²) >= 11 is 0. The molecular weight excluding hydrogens is 182 g/mol. The van der Waals surface area contributed by atoms with Crippen molar-refractivity contribution in [2.75, 3.05) is 24.6 Å². The van der Waals surface area contributed by atoms with Crippen LogP contribution in [-0.4, -0.2) is 29.5 Å². The number of nitrogens with zero attached hydrogens (tertiary/aromatic N) is 2. The van der Waals surface area contributed by atoms with Gasteiger partial charge in [0, 0.05) is 26.2 Å². The largest absolute Gasteiger partial charge is 0.369 e. The molecule has 0 aliphatic rings. The summed E-state index contributed by atoms with van der Waals surface area (Å²) < 4.78 is 0. The van der Waals surface area contributed by atoms with Crippen molar-refractivity contribution in [2.45, 2.75) is 6.42 Å². The fraction of sp³-hybridized carbons (Fsp3) is 0.375. The average Bonchev–Trinajstić information content (AvgIpc) is 2.17. The Morgan fingerprint density at radius 1 is 1.64 bits per heavy atom. The maximum atomic E-state index is 10.9. The predicted molar refractivity (Wildman–Crippen MR) is 53.6 cm³/mol. The Morgan fingerprint density at radius 3 is 3.07 bits per heavy atom. The van der Waals surface area contributed by atoms with E-state index in [1.54, 1.807) is 19.3 Å². The number of carbonyl (C=O) groups excluding carboxylic acids is 1. The predicted octanol–water partition coefficient (Wildman–Crippen LogP) is -0.393. The van der Waals surface area contributed by atoms with Crippen molar-refractivity contribution in [3.63, 3.8) is 0 Å². The third-order valence-electron chi connectivity index (χ3n) is 1.61. The van der Waals surface area contributed by atoms with Crippen LogP contribution in [0.1, 0.15) is 6.42 Å². The molecule has 0 radical (unpaired) electrons. The van der Waals surface area contributed by atoms with E-state index in [2.05, 4.69) is 20.6 Å². The summed E-state index contributed by atoms with van der Waals surface area (Å²) in [5.41, 5.74) is 5.37. The van der Waals surface area contributed by atoms with Crippen LogP contribution < -0.4 is 16.4 Å². The molecule has 0 atom stereocenters. The van der Waals surface area contributed by atoms with Gasteiger partial charge >= 0.3 is 0 Å². The first-order valence-electron chi connectivity index (χ1n) is 4.25. The molecule has 6 nitrogen and oxygen atoms in total. The standard InChI is InChI=1S/C8H13N5O/c1-10-7(14)3-5-11-6-2-4-12-8(9)13-6/h2,4H,3,5H2,1H3,(H,10,14)(H3,9,11,12,13). The van der Waals surface area contributed by atoms with Gasteiger partial charge in [0.25, 0.3) is 0 Å². The van der Waals surface area contributed by atoms with Crippen LogP contribution in [0, 0.1) is 0 Å². The molecule has 0 aliphatic carbocycles. The summed E-state index contributed by atoms with van der Waals surface area (Å²) in [5, 5.41) is 5.48. The van der Waals surface area contributed by atoms with Crippen LogP contribution in [0.25, 0.3) is 0 Å². The van der Waals surface area contributed by atoms with E-state index in [-0.39, 0.29) is 11.9 Å². The van der Waals surface area contributed by atoms with Crippen LogP contribution in [0.4, 0.5) is 11.8 Å². The van der Waals surface area contributed by atoms with Crippen molar-refractivity contribution < 1.29 is 4.79 Å². The maximum Gasteiger partial charge on any atom is 0.221 e. The number of rotatable bonds is 4. The SMILES string of the molecule is CNC(=O)CCNc1ccnc(N)n1. The molecule has 0 aromatic carbocycles. The second-order valence-electron chi connectivity index (χ2n) is 2.65. The maximum absolute atomic E-state index is 10.9. The number of nitrogens with one attached hydrogen (secondary N) is 2. The third-order valence-corrected chi connectivity index (χ3v) is 1.61. The number of amides is 1. The highest BCUT2D eigenvalue weighted by molar-refractivity contribution is 5.76. The minimum Gasteiger partial charge on any atom is -0.369 e. The van der Waals surface area contributed by atoms with Gasteiger partial charge in [0.15, 0.2) is 0 Å². The van der Waals surface area contributed by atoms with E-state index >= 15 is 0 Å². The van der Waals surface area contributed by atoms with E-state index in [0.717, 1.165) is 0 Å². The first-order valence-corrected chi connectivity index (χ1v) is 4.25. The van der Waals surface area contributed by atoms with Crippen LogP contribution in [0.15, 0.2) is 12.3 Å². The number of aromatic nitrogens is 2. The van der Waals surface area contributed by atoms with Gasteiger partial charge in [-0.3, -0.25) is 4.79 Å². The molecule has 0 aliphatic heterocycles. The molecule has 6 heteroatoms. The first kappa shape index (κ1) is 10.2. The fourth-order valence-corrected chi connectivity index (χ4v) is 0.901. The number of nitrogen functional groups attached to an aromatic ring is 1. The summed E-state index contributed by atoms with van der Waals surface area (Å²) in [4.78, 5) is 18.5. The minimum absolute atomic E-state index is 0.0143. The molecule has 1 aromatic heterocycles. The van der Waals surface area contributed by atoms with Gasteiger partial charge in [-0.2, -0.15) is 4.98 Å². The van der Waals surface area contributed by atoms with Gasteiger partial charge in [-0.1, -0.05) is 0 Å². The van der Waals surface area contributed by atoms with Gasteiger partial charge in [-0.05, 0) is 6.07 Å². The second kappa shape index (κ2) is 5.00. The lowest BCUT2D eigenvalue weighted by atomic mass is 10.4. The van der Waals surface area contributed by atoms with E-state index in [9.17, 15) is 4.79 Å². The van der Waals surface area contributed by atoms with E-state index in [0.29, 0.717) is 18.8 Å². The Balaban J connectivity index is 2.35. The van der Waals surface area contributed by atoms with Gasteiger partial charge in [-0.15, -0.1) is 0 Å². The molecule has 0 bridgehead atoms. The molecular formula is C8H13N5O. The zero-order valence-electron chi connectivity index (χ0n) is 7.95. The highest BCUT2D eigenvalue weighted by Crippen LogP contribution is 2.01. The van der Waals surface area contributed by atoms with Crippen LogP contribution >= 0.6 is 0 Å². The van der Waals surface area contributed by atoms with Gasteiger partial charge in [0.1, 0.15) is 5.82 Å². The number of nitrogens with two attached hydrogens (primary N) is 1. The number of hydrogen-bond donors (Lipinski definition) is 3. The summed E-state index contributed by atoms with van der Waals surface area (Å²) in [7, 11) is 1.60. The molecule has 0 saturated heterocycles. The highest BCUT2D eigenvalue weighted by atomic mass is 16.1. The summed E-state index contributed by atoms with van der Waals surface area (Å²) in [6.45, 7) is 0.524. The molecule has 76 valence electrons. The van der Waals surface area contributed by atoms with E-state index in [4.69, 9.17) is 5.73 Å². The Morgan fingerprint density at radius 2 is 2.43 bits per heavy atom. The smallest absolute Gasteiger partial charge is 0.221 e. The molecule has 4 N–H and O–H groups in total. The molecule has 0 saturated carbocycles. The number of carbonyl (C=O) groups is 1. The molecule has 1 rings (SSSR count). The lowest BCUT2D eigenvalue weighted by Gasteiger charge is -2.04. The van der Waals surface area contributed by atoms with Gasteiger partial charge in [0.05, 0.1) is 0 Å². The van der Waals surface area contributed by atoms with E-state index in [1.807, 2.05) is 0 Å². The molecule has 1 aromatic rings. The number of hydrogen-bond acceptors (Lipinski definition) is 5. The van der Waals surface area contributed by atoms with Crippen LogP contribution in [0.2, 0.25) is 0 Å². The monoisotopic (exact) mass is 195 g/mol. The van der Waals surface area contributed by atoms with Crippen molar-refractivity contribution in [2.24, 2.45) is 0 Å². The molecule has 1 heterocycles. The Bertz CT molecular complexity index is 314. The lowest BCUT2D eigenvalue weighted by molar-refractivity contribution is -0.120. The van der Waals surface area contributed by atoms with Crippen LogP contribution in [0.5, 0.6) is 0 Å². The van der Waals surface area contributed by atoms with Crippen molar-refractivity contribution in [1.82, 2.24) is 15.3 Å². The van der Waals surface area contributed by atoms with Gasteiger partial charge < -0.3 is 16.4 Å². The lowest BCUT2D eigenvalue weighted by Crippen LogP contribution is -2.21.